The average molecular weight is 1070 g/mol. The number of benzene rings is 9. The van der Waals surface area contributed by atoms with E-state index in [1.807, 2.05) is 0 Å². The summed E-state index contributed by atoms with van der Waals surface area (Å²) in [5.41, 5.74) is 29.2. The third kappa shape index (κ3) is 8.76. The number of fused-ring (bicyclic) bond motifs is 6. The molecule has 4 aliphatic rings. The normalized spacial score (nSPS) is 16.9. The van der Waals surface area contributed by atoms with Gasteiger partial charge in [-0.3, -0.25) is 0 Å². The van der Waals surface area contributed by atoms with Crippen LogP contribution in [0.4, 0.5) is 51.2 Å². The van der Waals surface area contributed by atoms with Crippen LogP contribution in [-0.2, 0) is 32.5 Å². The third-order valence-corrected chi connectivity index (χ3v) is 19.5. The summed E-state index contributed by atoms with van der Waals surface area (Å²) in [6, 6.07) is 73.0. The molecule has 0 N–H and O–H groups in total. The van der Waals surface area contributed by atoms with Crippen molar-refractivity contribution in [1.82, 2.24) is 0 Å². The standard InChI is InChI=1S/C78H82BN3/c1-50-31-32-52(51-25-19-16-20-26-51)42-67(50)82-68-44-55(74(5,6)7)34-37-64(68)79-65-47-62-63(78(14,15)49-77(62,12)13)48-69(65)81(70-45-58(46-71(82)72(70)79)80(56-27-21-17-22-28-56)57-29-23-18-24-30-57)66-38-35-54(73(2,3)4)43-59(66)53-33-36-60-61(41-53)76(10,11)40-39-75(60,8)9/h16-38,41-48H,39-40,49H2,1-15H3. The Kier molecular flexibility index (Phi) is 12.3. The molecule has 412 valence electrons. The SMILES string of the molecule is Cc1ccc(-c2ccccc2)cc1N1c2cc(C(C)(C)C)ccc2B2c3cc4c(cc3N(c3ccc(C(C)(C)C)cc3-c3ccc5c(c3)C(C)(C)CCC5(C)C)c3cc(N(c5ccccc5)c5ccccc5)cc1c32)C(C)(C)CC4(C)C. The molecule has 9 aromatic carbocycles. The van der Waals surface area contributed by atoms with Crippen molar-refractivity contribution in [1.29, 1.82) is 0 Å². The quantitative estimate of drug-likeness (QED) is 0.147. The molecule has 2 aliphatic heterocycles. The molecule has 0 saturated carbocycles. The molecule has 0 aromatic heterocycles. The van der Waals surface area contributed by atoms with E-state index in [9.17, 15) is 0 Å². The van der Waals surface area contributed by atoms with E-state index >= 15 is 0 Å². The van der Waals surface area contributed by atoms with E-state index in [0.29, 0.717) is 0 Å². The molecule has 0 atom stereocenters. The van der Waals surface area contributed by atoms with Gasteiger partial charge in [-0.1, -0.05) is 218 Å². The van der Waals surface area contributed by atoms with Crippen LogP contribution in [0.5, 0.6) is 0 Å². The van der Waals surface area contributed by atoms with Crippen LogP contribution in [0.2, 0.25) is 0 Å². The van der Waals surface area contributed by atoms with Crippen LogP contribution in [-0.4, -0.2) is 6.71 Å². The van der Waals surface area contributed by atoms with Gasteiger partial charge in [0.05, 0.1) is 11.4 Å². The third-order valence-electron chi connectivity index (χ3n) is 19.5. The monoisotopic (exact) mass is 1070 g/mol. The first-order valence-corrected chi connectivity index (χ1v) is 30.3. The maximum atomic E-state index is 2.74. The molecule has 82 heavy (non-hydrogen) atoms. The fraction of sp³-hybridized carbons (Fsp3) is 0.308. The second kappa shape index (κ2) is 18.7. The predicted octanol–water partition coefficient (Wildman–Crippen LogP) is 19.8. The van der Waals surface area contributed by atoms with Crippen molar-refractivity contribution in [2.75, 3.05) is 14.7 Å². The Hall–Kier alpha value is -7.56. The summed E-state index contributed by atoms with van der Waals surface area (Å²) in [6.45, 7) is 36.2. The van der Waals surface area contributed by atoms with E-state index in [2.05, 4.69) is 307 Å². The predicted molar refractivity (Wildman–Crippen MR) is 354 cm³/mol. The van der Waals surface area contributed by atoms with Gasteiger partial charge < -0.3 is 14.7 Å². The van der Waals surface area contributed by atoms with Crippen molar-refractivity contribution in [3.63, 3.8) is 0 Å². The minimum atomic E-state index is -0.0959. The highest BCUT2D eigenvalue weighted by molar-refractivity contribution is 7.00. The van der Waals surface area contributed by atoms with Crippen molar-refractivity contribution < 1.29 is 0 Å². The van der Waals surface area contributed by atoms with Crippen LogP contribution in [0.25, 0.3) is 22.3 Å². The summed E-state index contributed by atoms with van der Waals surface area (Å²) in [4.78, 5) is 7.89. The molecule has 3 nitrogen and oxygen atoms in total. The molecule has 2 aliphatic carbocycles. The Morgan fingerprint density at radius 3 is 1.50 bits per heavy atom. The van der Waals surface area contributed by atoms with E-state index in [-0.39, 0.29) is 39.2 Å². The highest BCUT2D eigenvalue weighted by atomic mass is 15.2. The first-order chi connectivity index (χ1) is 38.8. The number of nitrogens with zero attached hydrogens (tertiary/aromatic N) is 3. The summed E-state index contributed by atoms with van der Waals surface area (Å²) in [5, 5.41) is 0. The van der Waals surface area contributed by atoms with Gasteiger partial charge in [0.2, 0.25) is 0 Å². The Bertz CT molecular complexity index is 3960. The van der Waals surface area contributed by atoms with Crippen molar-refractivity contribution >= 4 is 74.3 Å². The minimum absolute atomic E-state index is 0.0185. The topological polar surface area (TPSA) is 9.72 Å². The zero-order chi connectivity index (χ0) is 57.6. The van der Waals surface area contributed by atoms with Crippen LogP contribution in [0.1, 0.15) is 155 Å². The van der Waals surface area contributed by atoms with Gasteiger partial charge in [0.25, 0.3) is 6.71 Å². The van der Waals surface area contributed by atoms with Crippen molar-refractivity contribution in [3.05, 3.63) is 227 Å². The molecular formula is C78H82BN3. The van der Waals surface area contributed by atoms with Gasteiger partial charge >= 0.3 is 0 Å². The van der Waals surface area contributed by atoms with E-state index in [1.165, 1.54) is 118 Å². The van der Waals surface area contributed by atoms with Gasteiger partial charge in [0.15, 0.2) is 0 Å². The van der Waals surface area contributed by atoms with E-state index in [1.54, 1.807) is 0 Å². The summed E-state index contributed by atoms with van der Waals surface area (Å²) in [5.74, 6) is 0. The molecule has 4 heteroatoms. The van der Waals surface area contributed by atoms with E-state index in [4.69, 9.17) is 0 Å². The lowest BCUT2D eigenvalue weighted by Gasteiger charge is -2.46. The van der Waals surface area contributed by atoms with E-state index < -0.39 is 0 Å². The van der Waals surface area contributed by atoms with Crippen molar-refractivity contribution in [2.45, 2.75) is 156 Å². The summed E-state index contributed by atoms with van der Waals surface area (Å²) in [6.07, 6.45) is 3.42. The maximum Gasteiger partial charge on any atom is 0.252 e. The molecular weight excluding hydrogens is 990 g/mol. The zero-order valence-electron chi connectivity index (χ0n) is 51.4. The Morgan fingerprint density at radius 2 is 0.890 bits per heavy atom. The molecule has 0 unspecified atom stereocenters. The Morgan fingerprint density at radius 1 is 0.378 bits per heavy atom. The lowest BCUT2D eigenvalue weighted by Crippen LogP contribution is -2.61. The zero-order valence-corrected chi connectivity index (χ0v) is 51.4. The number of para-hydroxylation sites is 2. The van der Waals surface area contributed by atoms with E-state index in [0.717, 1.165) is 29.9 Å². The second-order valence-electron chi connectivity index (χ2n) is 29.3. The largest absolute Gasteiger partial charge is 0.311 e. The first-order valence-electron chi connectivity index (χ1n) is 30.3. The summed E-state index contributed by atoms with van der Waals surface area (Å²) in [7, 11) is 0. The van der Waals surface area contributed by atoms with Gasteiger partial charge in [-0.25, -0.2) is 0 Å². The molecule has 0 saturated heterocycles. The Balaban J connectivity index is 1.20. The van der Waals surface area contributed by atoms with Crippen molar-refractivity contribution in [2.24, 2.45) is 0 Å². The molecule has 0 amide bonds. The molecule has 0 spiro atoms. The van der Waals surface area contributed by atoms with Gasteiger partial charge in [-0.15, -0.1) is 0 Å². The van der Waals surface area contributed by atoms with Crippen LogP contribution in [0, 0.1) is 6.92 Å². The number of hydrogen-bond acceptors (Lipinski definition) is 3. The molecule has 2 heterocycles. The number of aryl methyl sites for hydroxylation is 1. The lowest BCUT2D eigenvalue weighted by atomic mass is 9.33. The number of anilines is 9. The Labute approximate surface area is 491 Å². The summed E-state index contributed by atoms with van der Waals surface area (Å²) < 4.78 is 0. The fourth-order valence-corrected chi connectivity index (χ4v) is 15.0. The molecule has 0 bridgehead atoms. The first kappa shape index (κ1) is 53.7. The molecule has 13 rings (SSSR count). The molecule has 0 radical (unpaired) electrons. The maximum absolute atomic E-state index is 2.74. The molecule has 0 fully saturated rings. The van der Waals surface area contributed by atoms with Crippen LogP contribution in [0.15, 0.2) is 188 Å². The van der Waals surface area contributed by atoms with Crippen LogP contribution in [0.3, 0.4) is 0 Å². The second-order valence-corrected chi connectivity index (χ2v) is 29.3. The molecule has 9 aromatic rings. The van der Waals surface area contributed by atoms with Crippen LogP contribution >= 0.6 is 0 Å². The van der Waals surface area contributed by atoms with Gasteiger partial charge in [-0.05, 0) is 197 Å². The van der Waals surface area contributed by atoms with Crippen molar-refractivity contribution in [3.8, 4) is 22.3 Å². The van der Waals surface area contributed by atoms with Crippen LogP contribution < -0.4 is 31.1 Å². The van der Waals surface area contributed by atoms with Gasteiger partial charge in [0.1, 0.15) is 0 Å². The number of rotatable bonds is 7. The van der Waals surface area contributed by atoms with Gasteiger partial charge in [-0.2, -0.15) is 0 Å². The number of hydrogen-bond donors (Lipinski definition) is 0. The fourth-order valence-electron chi connectivity index (χ4n) is 15.0. The summed E-state index contributed by atoms with van der Waals surface area (Å²) >= 11 is 0. The average Bonchev–Trinajstić information content (AvgIpc) is 1.25. The smallest absolute Gasteiger partial charge is 0.252 e. The highest BCUT2D eigenvalue weighted by Crippen LogP contribution is 2.56. The minimum Gasteiger partial charge on any atom is -0.311 e. The lowest BCUT2D eigenvalue weighted by molar-refractivity contribution is 0.332. The van der Waals surface area contributed by atoms with Gasteiger partial charge in [0, 0.05) is 45.4 Å². The highest BCUT2D eigenvalue weighted by Gasteiger charge is 2.49.